The number of anilines is 2. The summed E-state index contributed by atoms with van der Waals surface area (Å²) < 4.78 is 6.47. The summed E-state index contributed by atoms with van der Waals surface area (Å²) in [7, 11) is 1.53. The minimum absolute atomic E-state index is 0.0191. The minimum atomic E-state index is -0.685. The van der Waals surface area contributed by atoms with Crippen LogP contribution in [0.4, 0.5) is 11.5 Å². The average molecular weight is 465 g/mol. The Kier molecular flexibility index (Phi) is 7.24. The van der Waals surface area contributed by atoms with Gasteiger partial charge in [0.1, 0.15) is 12.4 Å². The molecule has 34 heavy (non-hydrogen) atoms. The number of hydrogen-bond donors (Lipinski definition) is 3. The zero-order valence-corrected chi connectivity index (χ0v) is 19.3. The second-order valence-electron chi connectivity index (χ2n) is 8.48. The van der Waals surface area contributed by atoms with E-state index in [1.807, 2.05) is 42.5 Å². The van der Waals surface area contributed by atoms with Gasteiger partial charge in [0, 0.05) is 25.6 Å². The molecule has 9 nitrogen and oxygen atoms in total. The van der Waals surface area contributed by atoms with Gasteiger partial charge in [0.05, 0.1) is 19.7 Å². The molecular formula is C25H30N5O4+. The van der Waals surface area contributed by atoms with Crippen LogP contribution >= 0.6 is 0 Å². The van der Waals surface area contributed by atoms with Crippen LogP contribution in [0, 0.1) is 0 Å². The summed E-state index contributed by atoms with van der Waals surface area (Å²) in [6.07, 6.45) is 0.890. The van der Waals surface area contributed by atoms with E-state index in [0.717, 1.165) is 30.0 Å². The zero-order chi connectivity index (χ0) is 24.1. The van der Waals surface area contributed by atoms with Crippen LogP contribution in [0.25, 0.3) is 0 Å². The smallest absolute Gasteiger partial charge is 0.330 e. The summed E-state index contributed by atoms with van der Waals surface area (Å²) in [6.45, 7) is 2.31. The quantitative estimate of drug-likeness (QED) is 0.427. The van der Waals surface area contributed by atoms with Gasteiger partial charge in [0.15, 0.2) is 12.2 Å². The lowest BCUT2D eigenvalue weighted by molar-refractivity contribution is -0.907. The maximum absolute atomic E-state index is 13.4. The number of nitrogens with zero attached hydrogens (tertiary/aromatic N) is 2. The van der Waals surface area contributed by atoms with Crippen LogP contribution in [0.3, 0.4) is 0 Å². The van der Waals surface area contributed by atoms with Crippen LogP contribution in [0.2, 0.25) is 0 Å². The zero-order valence-electron chi connectivity index (χ0n) is 19.3. The number of H-pyrrole nitrogens is 1. The number of hydrogen-bond acceptors (Lipinski definition) is 5. The van der Waals surface area contributed by atoms with Gasteiger partial charge in [-0.15, -0.1) is 0 Å². The van der Waals surface area contributed by atoms with Gasteiger partial charge in [0.2, 0.25) is 0 Å². The summed E-state index contributed by atoms with van der Waals surface area (Å²) in [5, 5.41) is 0. The Morgan fingerprint density at radius 1 is 1.12 bits per heavy atom. The molecule has 0 bridgehead atoms. The largest absolute Gasteiger partial charge is 0.383 e. The molecule has 0 radical (unpaired) electrons. The lowest BCUT2D eigenvalue weighted by Crippen LogP contribution is -3.13. The molecule has 0 spiro atoms. The Hall–Kier alpha value is -3.69. The number of nitrogen functional groups attached to an aromatic ring is 1. The van der Waals surface area contributed by atoms with Crippen molar-refractivity contribution in [3.05, 3.63) is 92.1 Å². The number of fused-ring (bicyclic) bond motifs is 1. The average Bonchev–Trinajstić information content (AvgIpc) is 2.84. The van der Waals surface area contributed by atoms with Gasteiger partial charge in [-0.25, -0.2) is 4.79 Å². The number of amides is 1. The fraction of sp³-hybridized carbons (Fsp3) is 0.320. The first-order valence-corrected chi connectivity index (χ1v) is 11.3. The molecule has 1 aliphatic heterocycles. The van der Waals surface area contributed by atoms with Crippen LogP contribution < -0.4 is 26.8 Å². The van der Waals surface area contributed by atoms with E-state index in [-0.39, 0.29) is 43.7 Å². The van der Waals surface area contributed by atoms with E-state index in [0.29, 0.717) is 0 Å². The van der Waals surface area contributed by atoms with Gasteiger partial charge >= 0.3 is 5.69 Å². The van der Waals surface area contributed by atoms with Crippen molar-refractivity contribution in [3.63, 3.8) is 0 Å². The maximum atomic E-state index is 13.4. The van der Waals surface area contributed by atoms with Crippen LogP contribution in [-0.2, 0) is 29.0 Å². The van der Waals surface area contributed by atoms with Crippen molar-refractivity contribution in [2.24, 2.45) is 0 Å². The van der Waals surface area contributed by atoms with Gasteiger partial charge in [-0.3, -0.25) is 24.0 Å². The third kappa shape index (κ3) is 5.11. The van der Waals surface area contributed by atoms with Crippen LogP contribution in [-0.4, -0.2) is 48.8 Å². The molecule has 0 saturated carbocycles. The Bertz CT molecular complexity index is 1270. The third-order valence-electron chi connectivity index (χ3n) is 6.20. The molecule has 0 fully saturated rings. The normalized spacial score (nSPS) is 15.0. The summed E-state index contributed by atoms with van der Waals surface area (Å²) in [6, 6.07) is 17.6. The van der Waals surface area contributed by atoms with Crippen molar-refractivity contribution in [2.75, 3.05) is 44.0 Å². The van der Waals surface area contributed by atoms with Gasteiger partial charge in [0.25, 0.3) is 11.5 Å². The number of aromatic amines is 1. The Balaban J connectivity index is 1.63. The van der Waals surface area contributed by atoms with Crippen LogP contribution in [0.1, 0.15) is 16.7 Å². The number of quaternary nitrogens is 1. The second kappa shape index (κ2) is 10.5. The predicted molar refractivity (Wildman–Crippen MR) is 130 cm³/mol. The molecule has 0 saturated heterocycles. The van der Waals surface area contributed by atoms with Crippen molar-refractivity contribution in [2.45, 2.75) is 19.5 Å². The first kappa shape index (κ1) is 23.5. The molecule has 1 aliphatic rings. The number of nitrogens with one attached hydrogen (secondary N) is 2. The standard InChI is InChI=1S/C25H29N5O4/c1-34-14-13-29(21(31)17-28-12-11-19-9-5-6-10-20(19)16-28)22-23(26)30(25(33)27-24(22)32)15-18-7-3-2-4-8-18/h2-10H,11-17,26H2,1H3,(H,27,32,33)/p+1. The van der Waals surface area contributed by atoms with Crippen molar-refractivity contribution in [1.82, 2.24) is 9.55 Å². The molecule has 3 aromatic rings. The first-order chi connectivity index (χ1) is 16.5. The summed E-state index contributed by atoms with van der Waals surface area (Å²) in [5.74, 6) is -0.283. The van der Waals surface area contributed by atoms with Crippen molar-refractivity contribution in [3.8, 4) is 0 Å². The van der Waals surface area contributed by atoms with E-state index in [2.05, 4.69) is 17.1 Å². The molecule has 4 N–H and O–H groups in total. The van der Waals surface area contributed by atoms with E-state index < -0.39 is 11.2 Å². The minimum Gasteiger partial charge on any atom is -0.383 e. The van der Waals surface area contributed by atoms with E-state index in [1.54, 1.807) is 0 Å². The van der Waals surface area contributed by atoms with Gasteiger partial charge in [-0.2, -0.15) is 0 Å². The monoisotopic (exact) mass is 464 g/mol. The second-order valence-corrected chi connectivity index (χ2v) is 8.48. The first-order valence-electron chi connectivity index (χ1n) is 11.3. The highest BCUT2D eigenvalue weighted by Gasteiger charge is 2.29. The molecule has 4 rings (SSSR count). The molecular weight excluding hydrogens is 434 g/mol. The molecule has 1 aromatic heterocycles. The predicted octanol–water partition coefficient (Wildman–Crippen LogP) is -0.212. The number of ether oxygens (including phenoxy) is 1. The Labute approximate surface area is 197 Å². The molecule has 0 aliphatic carbocycles. The maximum Gasteiger partial charge on any atom is 0.330 e. The summed E-state index contributed by atoms with van der Waals surface area (Å²) in [4.78, 5) is 43.6. The number of nitrogens with two attached hydrogens (primary N) is 1. The van der Waals surface area contributed by atoms with E-state index >= 15 is 0 Å². The SMILES string of the molecule is COCCN(C(=O)C[NH+]1CCc2ccccc2C1)c1c(N)n(Cc2ccccc2)c(=O)[nH]c1=O. The van der Waals surface area contributed by atoms with Crippen LogP contribution in [0.15, 0.2) is 64.2 Å². The van der Waals surface area contributed by atoms with E-state index in [9.17, 15) is 14.4 Å². The molecule has 1 atom stereocenters. The van der Waals surface area contributed by atoms with Crippen LogP contribution in [0.5, 0.6) is 0 Å². The highest BCUT2D eigenvalue weighted by atomic mass is 16.5. The molecule has 2 aromatic carbocycles. The number of carbonyl (C=O) groups is 1. The molecule has 2 heterocycles. The fourth-order valence-electron chi connectivity index (χ4n) is 4.41. The van der Waals surface area contributed by atoms with Crippen molar-refractivity contribution in [1.29, 1.82) is 0 Å². The van der Waals surface area contributed by atoms with Gasteiger partial charge in [-0.05, 0) is 11.1 Å². The van der Waals surface area contributed by atoms with E-state index in [4.69, 9.17) is 10.5 Å². The van der Waals surface area contributed by atoms with Crippen molar-refractivity contribution >= 4 is 17.4 Å². The Morgan fingerprint density at radius 3 is 2.56 bits per heavy atom. The lowest BCUT2D eigenvalue weighted by Gasteiger charge is -2.29. The highest BCUT2D eigenvalue weighted by Crippen LogP contribution is 2.18. The number of rotatable bonds is 8. The number of aromatic nitrogens is 2. The highest BCUT2D eigenvalue weighted by molar-refractivity contribution is 5.96. The number of benzene rings is 2. The fourth-order valence-corrected chi connectivity index (χ4v) is 4.41. The molecule has 1 amide bonds. The lowest BCUT2D eigenvalue weighted by atomic mass is 10.00. The third-order valence-corrected chi connectivity index (χ3v) is 6.20. The van der Waals surface area contributed by atoms with Gasteiger partial charge in [-0.1, -0.05) is 54.6 Å². The van der Waals surface area contributed by atoms with Gasteiger partial charge < -0.3 is 15.4 Å². The topological polar surface area (TPSA) is 115 Å². The van der Waals surface area contributed by atoms with Crippen molar-refractivity contribution < 1.29 is 14.4 Å². The summed E-state index contributed by atoms with van der Waals surface area (Å²) >= 11 is 0. The molecule has 178 valence electrons. The Morgan fingerprint density at radius 2 is 1.82 bits per heavy atom. The number of methoxy groups -OCH3 is 1. The summed E-state index contributed by atoms with van der Waals surface area (Å²) in [5.41, 5.74) is 8.41. The number of carbonyl (C=O) groups excluding carboxylic acids is 1. The van der Waals surface area contributed by atoms with E-state index in [1.165, 1.54) is 27.7 Å². The molecule has 1 unspecified atom stereocenters. The molecule has 9 heteroatoms.